The van der Waals surface area contributed by atoms with Crippen LogP contribution in [0.5, 0.6) is 0 Å². The van der Waals surface area contributed by atoms with Gasteiger partial charge in [-0.1, -0.05) is 6.92 Å². The summed E-state index contributed by atoms with van der Waals surface area (Å²) >= 11 is 0. The van der Waals surface area contributed by atoms with E-state index in [1.54, 1.807) is 6.20 Å². The highest BCUT2D eigenvalue weighted by Crippen LogP contribution is 2.40. The van der Waals surface area contributed by atoms with E-state index in [0.29, 0.717) is 25.0 Å². The lowest BCUT2D eigenvalue weighted by atomic mass is 10.2. The van der Waals surface area contributed by atoms with Gasteiger partial charge in [0.25, 0.3) is 0 Å². The molecule has 1 fully saturated rings. The van der Waals surface area contributed by atoms with Crippen LogP contribution in [0.4, 0.5) is 5.82 Å². The van der Waals surface area contributed by atoms with Crippen molar-refractivity contribution in [3.05, 3.63) is 23.9 Å². The van der Waals surface area contributed by atoms with Crippen LogP contribution in [0.15, 0.2) is 12.3 Å². The number of carbonyl (C=O) groups is 1. The van der Waals surface area contributed by atoms with E-state index in [0.717, 1.165) is 37.0 Å². The van der Waals surface area contributed by atoms with Crippen LogP contribution in [0.25, 0.3) is 0 Å². The molecule has 1 amide bonds. The Balaban J connectivity index is 1.36. The van der Waals surface area contributed by atoms with Gasteiger partial charge in [-0.15, -0.1) is 10.2 Å². The van der Waals surface area contributed by atoms with Gasteiger partial charge in [0.05, 0.1) is 25.3 Å². The molecule has 2 aromatic heterocycles. The highest BCUT2D eigenvalue weighted by Gasteiger charge is 2.31. The van der Waals surface area contributed by atoms with Crippen LogP contribution >= 0.6 is 0 Å². The van der Waals surface area contributed by atoms with Crippen molar-refractivity contribution >= 4 is 11.7 Å². The largest absolute Gasteiger partial charge is 0.313 e. The van der Waals surface area contributed by atoms with Crippen LogP contribution < -0.4 is 5.32 Å². The first-order chi connectivity index (χ1) is 12.2. The minimum absolute atomic E-state index is 0.00609. The normalized spacial score (nSPS) is 18.8. The third-order valence-corrected chi connectivity index (χ3v) is 5.22. The highest BCUT2D eigenvalue weighted by atomic mass is 16.2. The molecule has 4 rings (SSSR count). The molecule has 25 heavy (non-hydrogen) atoms. The van der Waals surface area contributed by atoms with E-state index in [9.17, 15) is 4.79 Å². The number of anilines is 1. The SMILES string of the molecule is CCc1nnc2n1CCN(CC(=O)Nc1ccnn1[C@@H](C)C1CC1)C2. The Kier molecular flexibility index (Phi) is 4.29. The molecule has 0 saturated heterocycles. The Morgan fingerprint density at radius 3 is 2.96 bits per heavy atom. The van der Waals surface area contributed by atoms with Crippen molar-refractivity contribution in [1.82, 2.24) is 29.4 Å². The fourth-order valence-corrected chi connectivity index (χ4v) is 3.57. The molecule has 2 aromatic rings. The number of carbonyl (C=O) groups excluding carboxylic acids is 1. The molecule has 8 nitrogen and oxygen atoms in total. The van der Waals surface area contributed by atoms with Gasteiger partial charge in [0.1, 0.15) is 17.5 Å². The summed E-state index contributed by atoms with van der Waals surface area (Å²) in [6.07, 6.45) is 5.14. The van der Waals surface area contributed by atoms with Crippen molar-refractivity contribution in [1.29, 1.82) is 0 Å². The number of hydrogen-bond donors (Lipinski definition) is 1. The van der Waals surface area contributed by atoms with Gasteiger partial charge in [-0.25, -0.2) is 4.68 Å². The summed E-state index contributed by atoms with van der Waals surface area (Å²) in [7, 11) is 0. The first kappa shape index (κ1) is 16.3. The van der Waals surface area contributed by atoms with Gasteiger partial charge in [0.15, 0.2) is 0 Å². The molecule has 1 aliphatic heterocycles. The fourth-order valence-electron chi connectivity index (χ4n) is 3.57. The Labute approximate surface area is 147 Å². The number of nitrogens with one attached hydrogen (secondary N) is 1. The zero-order valence-corrected chi connectivity index (χ0v) is 14.9. The highest BCUT2D eigenvalue weighted by molar-refractivity contribution is 5.91. The maximum atomic E-state index is 12.5. The molecular formula is C17H25N7O. The second-order valence-electron chi connectivity index (χ2n) is 7.04. The zero-order valence-electron chi connectivity index (χ0n) is 14.9. The second-order valence-corrected chi connectivity index (χ2v) is 7.04. The minimum atomic E-state index is -0.00609. The molecule has 0 aromatic carbocycles. The molecule has 0 spiro atoms. The Morgan fingerprint density at radius 2 is 2.20 bits per heavy atom. The fraction of sp³-hybridized carbons (Fsp3) is 0.647. The third-order valence-electron chi connectivity index (χ3n) is 5.22. The Morgan fingerprint density at radius 1 is 1.36 bits per heavy atom. The summed E-state index contributed by atoms with van der Waals surface area (Å²) in [5.74, 6) is 3.45. The molecule has 8 heteroatoms. The second kappa shape index (κ2) is 6.59. The minimum Gasteiger partial charge on any atom is -0.313 e. The van der Waals surface area contributed by atoms with Gasteiger partial charge >= 0.3 is 0 Å². The molecule has 1 N–H and O–H groups in total. The van der Waals surface area contributed by atoms with Gasteiger partial charge < -0.3 is 9.88 Å². The molecule has 1 aliphatic carbocycles. The van der Waals surface area contributed by atoms with E-state index >= 15 is 0 Å². The smallest absolute Gasteiger partial charge is 0.239 e. The van der Waals surface area contributed by atoms with E-state index in [1.165, 1.54) is 12.8 Å². The predicted octanol–water partition coefficient (Wildman–Crippen LogP) is 1.46. The maximum Gasteiger partial charge on any atom is 0.239 e. The third kappa shape index (κ3) is 3.30. The van der Waals surface area contributed by atoms with E-state index in [4.69, 9.17) is 0 Å². The quantitative estimate of drug-likeness (QED) is 0.859. The summed E-state index contributed by atoms with van der Waals surface area (Å²) in [6.45, 7) is 6.96. The molecule has 0 bridgehead atoms. The number of nitrogens with zero attached hydrogens (tertiary/aromatic N) is 6. The number of amides is 1. The average molecular weight is 343 g/mol. The molecule has 2 aliphatic rings. The van der Waals surface area contributed by atoms with E-state index in [2.05, 4.69) is 43.9 Å². The van der Waals surface area contributed by atoms with Crippen LogP contribution in [-0.4, -0.2) is 48.4 Å². The number of aromatic nitrogens is 5. The van der Waals surface area contributed by atoms with Crippen molar-refractivity contribution in [2.45, 2.75) is 52.2 Å². The van der Waals surface area contributed by atoms with Crippen LogP contribution in [0.3, 0.4) is 0 Å². The summed E-state index contributed by atoms with van der Waals surface area (Å²) in [5, 5.41) is 15.9. The van der Waals surface area contributed by atoms with E-state index in [1.807, 2.05) is 10.7 Å². The van der Waals surface area contributed by atoms with Crippen LogP contribution in [0.1, 0.15) is 44.4 Å². The summed E-state index contributed by atoms with van der Waals surface area (Å²) in [6, 6.07) is 2.21. The van der Waals surface area contributed by atoms with Crippen LogP contribution in [-0.2, 0) is 24.3 Å². The molecular weight excluding hydrogens is 318 g/mol. The Hall–Kier alpha value is -2.22. The first-order valence-corrected chi connectivity index (χ1v) is 9.12. The van der Waals surface area contributed by atoms with Crippen LogP contribution in [0, 0.1) is 5.92 Å². The lowest BCUT2D eigenvalue weighted by Gasteiger charge is -2.27. The predicted molar refractivity (Wildman–Crippen MR) is 93.0 cm³/mol. The summed E-state index contributed by atoms with van der Waals surface area (Å²) in [4.78, 5) is 14.6. The molecule has 1 atom stereocenters. The topological polar surface area (TPSA) is 80.9 Å². The standard InChI is InChI=1S/C17H25N7O/c1-3-14-20-21-16-10-22(8-9-23(14)16)11-17(25)19-15-6-7-18-24(15)12(2)13-4-5-13/h6-7,12-13H,3-5,8-11H2,1-2H3,(H,19,25)/t12-/m0/s1. The van der Waals surface area contributed by atoms with E-state index < -0.39 is 0 Å². The lowest BCUT2D eigenvalue weighted by Crippen LogP contribution is -2.39. The Bertz CT molecular complexity index is 761. The zero-order chi connectivity index (χ0) is 17.4. The van der Waals surface area contributed by atoms with Crippen molar-refractivity contribution < 1.29 is 4.79 Å². The molecule has 3 heterocycles. The van der Waals surface area contributed by atoms with Crippen molar-refractivity contribution in [3.8, 4) is 0 Å². The van der Waals surface area contributed by atoms with Crippen molar-refractivity contribution in [2.75, 3.05) is 18.4 Å². The van der Waals surface area contributed by atoms with Gasteiger partial charge in [0, 0.05) is 25.6 Å². The van der Waals surface area contributed by atoms with Gasteiger partial charge in [0.2, 0.25) is 5.91 Å². The number of hydrogen-bond acceptors (Lipinski definition) is 5. The van der Waals surface area contributed by atoms with Gasteiger partial charge in [-0.05, 0) is 25.7 Å². The molecule has 134 valence electrons. The van der Waals surface area contributed by atoms with E-state index in [-0.39, 0.29) is 5.91 Å². The monoisotopic (exact) mass is 343 g/mol. The van der Waals surface area contributed by atoms with Gasteiger partial charge in [-0.3, -0.25) is 9.69 Å². The maximum absolute atomic E-state index is 12.5. The van der Waals surface area contributed by atoms with Crippen molar-refractivity contribution in [3.63, 3.8) is 0 Å². The van der Waals surface area contributed by atoms with Crippen LogP contribution in [0.2, 0.25) is 0 Å². The average Bonchev–Trinajstić information content (AvgIpc) is 3.22. The number of rotatable bonds is 6. The number of aryl methyl sites for hydroxylation is 1. The summed E-state index contributed by atoms with van der Waals surface area (Å²) in [5.41, 5.74) is 0. The molecule has 0 radical (unpaired) electrons. The first-order valence-electron chi connectivity index (χ1n) is 9.12. The lowest BCUT2D eigenvalue weighted by molar-refractivity contribution is -0.117. The molecule has 0 unspecified atom stereocenters. The molecule has 1 saturated carbocycles. The van der Waals surface area contributed by atoms with Crippen molar-refractivity contribution in [2.24, 2.45) is 5.92 Å². The summed E-state index contributed by atoms with van der Waals surface area (Å²) < 4.78 is 4.11. The number of fused-ring (bicyclic) bond motifs is 1. The van der Waals surface area contributed by atoms with Gasteiger partial charge in [-0.2, -0.15) is 5.10 Å².